The van der Waals surface area contributed by atoms with Crippen molar-refractivity contribution in [2.75, 3.05) is 27.3 Å². The second kappa shape index (κ2) is 7.79. The van der Waals surface area contributed by atoms with Crippen LogP contribution in [0.15, 0.2) is 16.5 Å². The van der Waals surface area contributed by atoms with Crippen molar-refractivity contribution in [1.82, 2.24) is 9.88 Å². The molecule has 2 N–H and O–H groups in total. The molecule has 0 unspecified atom stereocenters. The summed E-state index contributed by atoms with van der Waals surface area (Å²) < 4.78 is 11.2. The third kappa shape index (κ3) is 4.14. The molecule has 2 aromatic rings. The van der Waals surface area contributed by atoms with Crippen molar-refractivity contribution in [1.29, 1.82) is 0 Å². The van der Waals surface area contributed by atoms with Crippen LogP contribution in [-0.2, 0) is 6.54 Å². The van der Waals surface area contributed by atoms with E-state index in [0.717, 1.165) is 33.9 Å². The first-order valence-electron chi connectivity index (χ1n) is 7.95. The molecular formula is C18H26N2O4. The zero-order valence-corrected chi connectivity index (χ0v) is 15.0. The molecule has 0 saturated carbocycles. The van der Waals surface area contributed by atoms with Crippen LogP contribution in [0.4, 0.5) is 0 Å². The number of rotatable bonds is 7. The molecule has 2 rings (SSSR count). The van der Waals surface area contributed by atoms with E-state index in [2.05, 4.69) is 4.98 Å². The Morgan fingerprint density at radius 2 is 1.96 bits per heavy atom. The third-order valence-electron chi connectivity index (χ3n) is 4.02. The van der Waals surface area contributed by atoms with E-state index in [-0.39, 0.29) is 6.61 Å². The normalized spacial score (nSPS) is 12.7. The lowest BCUT2D eigenvalue weighted by Crippen LogP contribution is -2.31. The predicted molar refractivity (Wildman–Crippen MR) is 92.1 cm³/mol. The number of aliphatic hydroxyl groups excluding tert-OH is 2. The van der Waals surface area contributed by atoms with Crippen LogP contribution >= 0.6 is 0 Å². The van der Waals surface area contributed by atoms with Crippen LogP contribution in [-0.4, -0.2) is 53.5 Å². The number of likely N-dealkylation sites (N-methyl/N-ethyl adjacent to an activating group) is 1. The number of ether oxygens (including phenoxy) is 1. The molecule has 1 aromatic heterocycles. The monoisotopic (exact) mass is 334 g/mol. The zero-order valence-electron chi connectivity index (χ0n) is 15.0. The van der Waals surface area contributed by atoms with Crippen molar-refractivity contribution in [3.8, 4) is 17.2 Å². The summed E-state index contributed by atoms with van der Waals surface area (Å²) in [6, 6.07) is 4.00. The van der Waals surface area contributed by atoms with E-state index >= 15 is 0 Å². The molecule has 132 valence electrons. The Kier molecular flexibility index (Phi) is 5.99. The maximum atomic E-state index is 9.53. The van der Waals surface area contributed by atoms with Crippen LogP contribution in [0.5, 0.6) is 5.75 Å². The van der Waals surface area contributed by atoms with Gasteiger partial charge < -0.3 is 19.4 Å². The maximum Gasteiger partial charge on any atom is 0.226 e. The van der Waals surface area contributed by atoms with Crippen LogP contribution in [0.1, 0.15) is 22.6 Å². The molecule has 1 heterocycles. The van der Waals surface area contributed by atoms with Gasteiger partial charge in [0.2, 0.25) is 5.89 Å². The van der Waals surface area contributed by atoms with Crippen LogP contribution in [0.3, 0.4) is 0 Å². The Balaban J connectivity index is 2.24. The number of aliphatic hydroxyl groups is 2. The van der Waals surface area contributed by atoms with Gasteiger partial charge in [0, 0.05) is 18.7 Å². The quantitative estimate of drug-likeness (QED) is 0.807. The summed E-state index contributed by atoms with van der Waals surface area (Å²) >= 11 is 0. The van der Waals surface area contributed by atoms with Crippen LogP contribution in [0, 0.1) is 20.8 Å². The van der Waals surface area contributed by atoms with E-state index in [4.69, 9.17) is 14.3 Å². The van der Waals surface area contributed by atoms with E-state index in [9.17, 15) is 5.11 Å². The highest BCUT2D eigenvalue weighted by Gasteiger charge is 2.17. The molecule has 0 spiro atoms. The Bertz CT molecular complexity index is 697. The Hall–Kier alpha value is -1.89. The van der Waals surface area contributed by atoms with Gasteiger partial charge in [-0.3, -0.25) is 4.90 Å². The largest absolute Gasteiger partial charge is 0.496 e. The number of oxazole rings is 1. The van der Waals surface area contributed by atoms with Crippen molar-refractivity contribution in [2.45, 2.75) is 33.4 Å². The molecule has 1 atom stereocenters. The number of nitrogens with zero attached hydrogens (tertiary/aromatic N) is 2. The molecule has 0 aliphatic rings. The second-order valence-corrected chi connectivity index (χ2v) is 6.19. The number of methoxy groups -OCH3 is 1. The lowest BCUT2D eigenvalue weighted by molar-refractivity contribution is 0.0644. The summed E-state index contributed by atoms with van der Waals surface area (Å²) in [4.78, 5) is 6.52. The van der Waals surface area contributed by atoms with E-state index in [0.29, 0.717) is 19.0 Å². The van der Waals surface area contributed by atoms with Crippen molar-refractivity contribution in [3.63, 3.8) is 0 Å². The molecular weight excluding hydrogens is 308 g/mol. The third-order valence-corrected chi connectivity index (χ3v) is 4.02. The van der Waals surface area contributed by atoms with E-state index < -0.39 is 6.10 Å². The van der Waals surface area contributed by atoms with Gasteiger partial charge in [-0.2, -0.15) is 0 Å². The molecule has 1 aromatic carbocycles. The highest BCUT2D eigenvalue weighted by Crippen LogP contribution is 2.30. The van der Waals surface area contributed by atoms with Crippen molar-refractivity contribution < 1.29 is 19.4 Å². The van der Waals surface area contributed by atoms with Crippen molar-refractivity contribution >= 4 is 0 Å². The van der Waals surface area contributed by atoms with Gasteiger partial charge in [0.15, 0.2) is 0 Å². The zero-order chi connectivity index (χ0) is 17.9. The number of hydrogen-bond acceptors (Lipinski definition) is 6. The molecule has 0 saturated heterocycles. The standard InChI is InChI=1S/C18H26N2O4/c1-11-7-17(23-5)12(2)6-15(11)18-19-16(13(3)24-18)9-20(4)8-14(22)10-21/h6-7,14,21-22H,8-10H2,1-5H3/t14-/m1/s1. The topological polar surface area (TPSA) is 79.0 Å². The fourth-order valence-electron chi connectivity index (χ4n) is 2.67. The smallest absolute Gasteiger partial charge is 0.226 e. The molecule has 0 aliphatic carbocycles. The van der Waals surface area contributed by atoms with Gasteiger partial charge in [-0.15, -0.1) is 0 Å². The molecule has 0 fully saturated rings. The first kappa shape index (κ1) is 18.4. The van der Waals surface area contributed by atoms with Crippen LogP contribution < -0.4 is 4.74 Å². The summed E-state index contributed by atoms with van der Waals surface area (Å²) in [5.41, 5.74) is 3.83. The predicted octanol–water partition coefficient (Wildman–Crippen LogP) is 2.06. The first-order chi connectivity index (χ1) is 11.3. The lowest BCUT2D eigenvalue weighted by Gasteiger charge is -2.18. The molecule has 0 aliphatic heterocycles. The fraction of sp³-hybridized carbons (Fsp3) is 0.500. The summed E-state index contributed by atoms with van der Waals surface area (Å²) in [6.07, 6.45) is -0.756. The van der Waals surface area contributed by atoms with Gasteiger partial charge in [0.25, 0.3) is 0 Å². The SMILES string of the molecule is COc1cc(C)c(-c2nc(CN(C)C[C@@H](O)CO)c(C)o2)cc1C. The van der Waals surface area contributed by atoms with Gasteiger partial charge in [-0.1, -0.05) is 0 Å². The minimum Gasteiger partial charge on any atom is -0.496 e. The van der Waals surface area contributed by atoms with Gasteiger partial charge in [-0.05, 0) is 51.1 Å². The van der Waals surface area contributed by atoms with Gasteiger partial charge >= 0.3 is 0 Å². The molecule has 24 heavy (non-hydrogen) atoms. The van der Waals surface area contributed by atoms with Gasteiger partial charge in [0.1, 0.15) is 11.5 Å². The van der Waals surface area contributed by atoms with E-state index in [1.807, 2.05) is 44.9 Å². The summed E-state index contributed by atoms with van der Waals surface area (Å²) in [7, 11) is 3.53. The van der Waals surface area contributed by atoms with E-state index in [1.54, 1.807) is 7.11 Å². The second-order valence-electron chi connectivity index (χ2n) is 6.19. The molecule has 0 bridgehead atoms. The van der Waals surface area contributed by atoms with Gasteiger partial charge in [0.05, 0.1) is 25.5 Å². The Morgan fingerprint density at radius 3 is 2.58 bits per heavy atom. The van der Waals surface area contributed by atoms with Crippen molar-refractivity contribution in [2.24, 2.45) is 0 Å². The maximum absolute atomic E-state index is 9.53. The number of aryl methyl sites for hydroxylation is 3. The van der Waals surface area contributed by atoms with E-state index in [1.165, 1.54) is 0 Å². The average Bonchev–Trinajstić information content (AvgIpc) is 2.89. The highest BCUT2D eigenvalue weighted by molar-refractivity contribution is 5.62. The molecule has 0 radical (unpaired) electrons. The number of aromatic nitrogens is 1. The fourth-order valence-corrected chi connectivity index (χ4v) is 2.67. The van der Waals surface area contributed by atoms with Crippen LogP contribution in [0.2, 0.25) is 0 Å². The lowest BCUT2D eigenvalue weighted by atomic mass is 10.0. The number of benzene rings is 1. The summed E-state index contributed by atoms with van der Waals surface area (Å²) in [5.74, 6) is 2.18. The minimum atomic E-state index is -0.756. The highest BCUT2D eigenvalue weighted by atomic mass is 16.5. The molecule has 6 heteroatoms. The average molecular weight is 334 g/mol. The number of hydrogen-bond donors (Lipinski definition) is 2. The van der Waals surface area contributed by atoms with Crippen molar-refractivity contribution in [3.05, 3.63) is 34.7 Å². The Labute approximate surface area is 142 Å². The summed E-state index contributed by atoms with van der Waals surface area (Å²) in [5, 5.41) is 18.5. The first-order valence-corrected chi connectivity index (χ1v) is 7.95. The molecule has 0 amide bonds. The summed E-state index contributed by atoms with van der Waals surface area (Å²) in [6.45, 7) is 6.54. The molecule has 6 nitrogen and oxygen atoms in total. The van der Waals surface area contributed by atoms with Crippen LogP contribution in [0.25, 0.3) is 11.5 Å². The van der Waals surface area contributed by atoms with Gasteiger partial charge in [-0.25, -0.2) is 4.98 Å². The minimum absolute atomic E-state index is 0.252. The Morgan fingerprint density at radius 1 is 1.25 bits per heavy atom.